The quantitative estimate of drug-likeness (QED) is 0.298. The lowest BCUT2D eigenvalue weighted by Gasteiger charge is -2.12. The smallest absolute Gasteiger partial charge is 0.167 e. The predicted molar refractivity (Wildman–Crippen MR) is 97.9 cm³/mol. The van der Waals surface area contributed by atoms with Crippen LogP contribution in [0.4, 0.5) is 5.69 Å². The molecule has 0 unspecified atom stereocenters. The van der Waals surface area contributed by atoms with Crippen LogP contribution < -0.4 is 4.74 Å². The minimum absolute atomic E-state index is 0.00202. The first-order valence-corrected chi connectivity index (χ1v) is 8.90. The highest BCUT2D eigenvalue weighted by Gasteiger charge is 2.16. The summed E-state index contributed by atoms with van der Waals surface area (Å²) in [6.45, 7) is 2.19. The van der Waals surface area contributed by atoms with Gasteiger partial charge in [-0.25, -0.2) is 0 Å². The molecule has 0 saturated heterocycles. The Kier molecular flexibility index (Phi) is 9.92. The Morgan fingerprint density at radius 1 is 1.04 bits per heavy atom. The first-order valence-electron chi connectivity index (χ1n) is 8.90. The van der Waals surface area contributed by atoms with Crippen molar-refractivity contribution < 1.29 is 20.1 Å². The second-order valence-corrected chi connectivity index (χ2v) is 5.93. The summed E-state index contributed by atoms with van der Waals surface area (Å²) in [4.78, 5) is 4.29. The number of rotatable bonds is 12. The Bertz CT molecular complexity index is 515. The number of aliphatic hydroxyl groups excluding tert-OH is 1. The van der Waals surface area contributed by atoms with Gasteiger partial charge in [0.2, 0.25) is 0 Å². The molecule has 0 atom stereocenters. The van der Waals surface area contributed by atoms with E-state index in [9.17, 15) is 10.2 Å². The topological polar surface area (TPSA) is 82.3 Å². The molecule has 0 aliphatic rings. The number of benzene rings is 1. The number of methoxy groups -OCH3 is 1. The van der Waals surface area contributed by atoms with Gasteiger partial charge < -0.3 is 20.1 Å². The summed E-state index contributed by atoms with van der Waals surface area (Å²) in [6.07, 6.45) is 11.0. The molecule has 0 fully saturated rings. The average Bonchev–Trinajstić information content (AvgIpc) is 2.58. The van der Waals surface area contributed by atoms with Crippen molar-refractivity contribution in [3.05, 3.63) is 11.6 Å². The van der Waals surface area contributed by atoms with Gasteiger partial charge in [0.05, 0.1) is 7.11 Å². The highest BCUT2D eigenvalue weighted by atomic mass is 16.5. The first kappa shape index (κ1) is 20.3. The molecular weight excluding hydrogens is 306 g/mol. The number of hydrogen-bond acceptors (Lipinski definition) is 5. The third-order valence-electron chi connectivity index (χ3n) is 4.09. The molecule has 1 aromatic carbocycles. The standard InChI is InChI=1S/C19H31NO4/c1-3-15-18(23)16(14-17(22)19(15)24-2)20-12-10-8-6-4-5-7-9-11-13-21/h12,14,21-23H,3-11,13H2,1-2H3. The molecule has 0 aromatic heterocycles. The van der Waals surface area contributed by atoms with Crippen LogP contribution in [0.15, 0.2) is 11.1 Å². The van der Waals surface area contributed by atoms with E-state index in [1.165, 1.54) is 32.4 Å². The third kappa shape index (κ3) is 6.40. The molecule has 24 heavy (non-hydrogen) atoms. The van der Waals surface area contributed by atoms with Crippen LogP contribution in [-0.2, 0) is 6.42 Å². The van der Waals surface area contributed by atoms with E-state index in [-0.39, 0.29) is 11.5 Å². The second kappa shape index (κ2) is 11.7. The van der Waals surface area contributed by atoms with E-state index in [0.29, 0.717) is 30.0 Å². The number of hydrogen-bond donors (Lipinski definition) is 3. The van der Waals surface area contributed by atoms with Crippen LogP contribution in [0.2, 0.25) is 0 Å². The van der Waals surface area contributed by atoms with Gasteiger partial charge in [-0.3, -0.25) is 4.99 Å². The Morgan fingerprint density at radius 2 is 1.67 bits per heavy atom. The normalized spacial score (nSPS) is 11.3. The van der Waals surface area contributed by atoms with Crippen molar-refractivity contribution in [3.8, 4) is 17.2 Å². The van der Waals surface area contributed by atoms with E-state index < -0.39 is 0 Å². The molecule has 1 aromatic rings. The number of aliphatic imine (C=N–C) groups is 1. The summed E-state index contributed by atoms with van der Waals surface area (Å²) in [5, 5.41) is 28.9. The van der Waals surface area contributed by atoms with E-state index in [1.807, 2.05) is 6.92 Å². The van der Waals surface area contributed by atoms with Crippen LogP contribution in [0.3, 0.4) is 0 Å². The van der Waals surface area contributed by atoms with Gasteiger partial charge in [0.25, 0.3) is 0 Å². The molecular formula is C19H31NO4. The second-order valence-electron chi connectivity index (χ2n) is 5.93. The Balaban J connectivity index is 2.41. The van der Waals surface area contributed by atoms with Crippen LogP contribution in [0.5, 0.6) is 17.2 Å². The molecule has 5 heteroatoms. The largest absolute Gasteiger partial charge is 0.505 e. The number of aliphatic hydroxyl groups is 1. The fourth-order valence-electron chi connectivity index (χ4n) is 2.73. The summed E-state index contributed by atoms with van der Waals surface area (Å²) in [7, 11) is 1.47. The van der Waals surface area contributed by atoms with Crippen molar-refractivity contribution in [3.63, 3.8) is 0 Å². The van der Waals surface area contributed by atoms with Gasteiger partial charge in [0.1, 0.15) is 11.4 Å². The average molecular weight is 337 g/mol. The van der Waals surface area contributed by atoms with Crippen LogP contribution in [-0.4, -0.2) is 35.3 Å². The number of unbranched alkanes of at least 4 members (excludes halogenated alkanes) is 7. The molecule has 0 spiro atoms. The van der Waals surface area contributed by atoms with Gasteiger partial charge >= 0.3 is 0 Å². The molecule has 0 aliphatic carbocycles. The van der Waals surface area contributed by atoms with Gasteiger partial charge in [-0.05, 0) is 25.7 Å². The molecule has 136 valence electrons. The highest BCUT2D eigenvalue weighted by Crippen LogP contribution is 2.43. The molecule has 0 radical (unpaired) electrons. The fourth-order valence-corrected chi connectivity index (χ4v) is 2.73. The molecule has 1 rings (SSSR count). The van der Waals surface area contributed by atoms with Gasteiger partial charge in [-0.2, -0.15) is 0 Å². The predicted octanol–water partition coefficient (Wildman–Crippen LogP) is 4.48. The van der Waals surface area contributed by atoms with Crippen molar-refractivity contribution >= 4 is 11.9 Å². The number of ether oxygens (including phenoxy) is 1. The molecule has 0 aliphatic heterocycles. The van der Waals surface area contributed by atoms with Crippen molar-refractivity contribution in [1.82, 2.24) is 0 Å². The maximum absolute atomic E-state index is 10.2. The van der Waals surface area contributed by atoms with E-state index in [0.717, 1.165) is 32.1 Å². The minimum Gasteiger partial charge on any atom is -0.505 e. The van der Waals surface area contributed by atoms with Crippen molar-refractivity contribution in [2.45, 2.75) is 64.7 Å². The molecule has 0 saturated carbocycles. The summed E-state index contributed by atoms with van der Waals surface area (Å²) >= 11 is 0. The maximum atomic E-state index is 10.2. The monoisotopic (exact) mass is 337 g/mol. The lowest BCUT2D eigenvalue weighted by Crippen LogP contribution is -1.92. The molecule has 5 nitrogen and oxygen atoms in total. The fraction of sp³-hybridized carbons (Fsp3) is 0.632. The van der Waals surface area contributed by atoms with Crippen LogP contribution in [0.1, 0.15) is 63.9 Å². The molecule has 3 N–H and O–H groups in total. The zero-order valence-electron chi connectivity index (χ0n) is 14.9. The first-order chi connectivity index (χ1) is 11.7. The highest BCUT2D eigenvalue weighted by molar-refractivity contribution is 5.71. The summed E-state index contributed by atoms with van der Waals surface area (Å²) in [5.41, 5.74) is 0.960. The van der Waals surface area contributed by atoms with Crippen LogP contribution >= 0.6 is 0 Å². The van der Waals surface area contributed by atoms with E-state index in [1.54, 1.807) is 6.21 Å². The third-order valence-corrected chi connectivity index (χ3v) is 4.09. The van der Waals surface area contributed by atoms with Crippen molar-refractivity contribution in [2.24, 2.45) is 4.99 Å². The molecule has 0 bridgehead atoms. The van der Waals surface area contributed by atoms with Crippen LogP contribution in [0.25, 0.3) is 0 Å². The number of phenols is 2. The van der Waals surface area contributed by atoms with Crippen LogP contribution in [0, 0.1) is 0 Å². The number of aromatic hydroxyl groups is 2. The Labute approximate surface area is 145 Å². The lowest BCUT2D eigenvalue weighted by atomic mass is 10.1. The molecule has 0 heterocycles. The lowest BCUT2D eigenvalue weighted by molar-refractivity contribution is 0.282. The number of nitrogens with zero attached hydrogens (tertiary/aromatic N) is 1. The van der Waals surface area contributed by atoms with E-state index in [4.69, 9.17) is 9.84 Å². The van der Waals surface area contributed by atoms with E-state index >= 15 is 0 Å². The summed E-state index contributed by atoms with van der Waals surface area (Å²) < 4.78 is 5.13. The Hall–Kier alpha value is -1.75. The van der Waals surface area contributed by atoms with Gasteiger partial charge in [0.15, 0.2) is 11.5 Å². The van der Waals surface area contributed by atoms with Crippen molar-refractivity contribution in [2.75, 3.05) is 13.7 Å². The Morgan fingerprint density at radius 3 is 2.25 bits per heavy atom. The summed E-state index contributed by atoms with van der Waals surface area (Å²) in [5.74, 6) is 0.393. The van der Waals surface area contributed by atoms with Gasteiger partial charge in [0, 0.05) is 24.5 Å². The zero-order valence-corrected chi connectivity index (χ0v) is 14.9. The van der Waals surface area contributed by atoms with Gasteiger partial charge in [-0.1, -0.05) is 39.0 Å². The van der Waals surface area contributed by atoms with Gasteiger partial charge in [-0.15, -0.1) is 0 Å². The van der Waals surface area contributed by atoms with Crippen molar-refractivity contribution in [1.29, 1.82) is 0 Å². The van der Waals surface area contributed by atoms with E-state index in [2.05, 4.69) is 4.99 Å². The molecule has 0 amide bonds. The maximum Gasteiger partial charge on any atom is 0.167 e. The zero-order chi connectivity index (χ0) is 17.8. The number of phenolic OH excluding ortho intramolecular Hbond substituents is 2. The summed E-state index contributed by atoms with van der Waals surface area (Å²) in [6, 6.07) is 1.44. The SMILES string of the molecule is CCc1c(O)c(N=CCCCCCCCCCO)cc(O)c1OC. The minimum atomic E-state index is 0.00202.